The van der Waals surface area contributed by atoms with Gasteiger partial charge < -0.3 is 9.22 Å². The van der Waals surface area contributed by atoms with E-state index in [1.54, 1.807) is 0 Å². The molecule has 0 aromatic heterocycles. The van der Waals surface area contributed by atoms with Crippen LogP contribution in [-0.2, 0) is 9.53 Å². The summed E-state index contributed by atoms with van der Waals surface area (Å²) in [6, 6.07) is 0.0648. The molecule has 3 atom stereocenters. The third-order valence-corrected chi connectivity index (χ3v) is 3.39. The molecule has 1 saturated heterocycles. The number of hydrogen-bond acceptors (Lipinski definition) is 2. The van der Waals surface area contributed by atoms with Gasteiger partial charge >= 0.3 is 5.97 Å². The Morgan fingerprint density at radius 3 is 2.79 bits per heavy atom. The maximum atomic E-state index is 11.6. The minimum atomic E-state index is -0.00435. The molecule has 0 aromatic rings. The second kappa shape index (κ2) is 3.39. The first-order chi connectivity index (χ1) is 6.62. The molecule has 0 N–H and O–H groups in total. The molecular weight excluding hydrogens is 178 g/mol. The summed E-state index contributed by atoms with van der Waals surface area (Å²) in [5.41, 5.74) is 0. The smallest absolute Gasteiger partial charge is 0.365 e. The summed E-state index contributed by atoms with van der Waals surface area (Å²) < 4.78 is 6.05. The van der Waals surface area contributed by atoms with Gasteiger partial charge in [0.15, 0.2) is 6.04 Å². The fraction of sp³-hybridized carbons (Fsp3) is 0.727. The SMILES string of the molecule is CC1CC([N+]2(C)CC=CCC2)C(=O)O1. The molecule has 0 aromatic carbocycles. The molecule has 0 radical (unpaired) electrons. The van der Waals surface area contributed by atoms with Crippen LogP contribution in [0.4, 0.5) is 0 Å². The van der Waals surface area contributed by atoms with E-state index in [1.165, 1.54) is 0 Å². The zero-order chi connectivity index (χ0) is 10.2. The van der Waals surface area contributed by atoms with E-state index in [0.29, 0.717) is 0 Å². The molecule has 3 heteroatoms. The summed E-state index contributed by atoms with van der Waals surface area (Å²) in [5.74, 6) is -0.00435. The van der Waals surface area contributed by atoms with Crippen molar-refractivity contribution >= 4 is 5.97 Å². The van der Waals surface area contributed by atoms with Gasteiger partial charge in [0, 0.05) is 12.8 Å². The second-order valence-electron chi connectivity index (χ2n) is 4.64. The lowest BCUT2D eigenvalue weighted by Gasteiger charge is -2.38. The first-order valence-corrected chi connectivity index (χ1v) is 5.31. The largest absolute Gasteiger partial charge is 0.458 e. The molecule has 2 aliphatic rings. The summed E-state index contributed by atoms with van der Waals surface area (Å²) >= 11 is 0. The van der Waals surface area contributed by atoms with E-state index in [1.807, 2.05) is 6.92 Å². The molecule has 3 nitrogen and oxygen atoms in total. The van der Waals surface area contributed by atoms with Gasteiger partial charge in [-0.3, -0.25) is 0 Å². The quantitative estimate of drug-likeness (QED) is 0.356. The number of esters is 1. The van der Waals surface area contributed by atoms with E-state index >= 15 is 0 Å². The maximum absolute atomic E-state index is 11.6. The van der Waals surface area contributed by atoms with E-state index in [9.17, 15) is 4.79 Å². The summed E-state index contributed by atoms with van der Waals surface area (Å²) in [6.45, 7) is 4.00. The second-order valence-corrected chi connectivity index (χ2v) is 4.64. The molecule has 0 bridgehead atoms. The van der Waals surface area contributed by atoms with Gasteiger partial charge in [0.1, 0.15) is 6.10 Å². The molecule has 1 fully saturated rings. The Bertz CT molecular complexity index is 274. The van der Waals surface area contributed by atoms with Crippen LogP contribution in [0.25, 0.3) is 0 Å². The van der Waals surface area contributed by atoms with Crippen molar-refractivity contribution in [2.24, 2.45) is 0 Å². The topological polar surface area (TPSA) is 26.3 Å². The minimum absolute atomic E-state index is 0.00435. The predicted octanol–water partition coefficient (Wildman–Crippen LogP) is 1.10. The molecule has 0 aliphatic carbocycles. The van der Waals surface area contributed by atoms with Crippen LogP contribution in [-0.4, -0.2) is 42.7 Å². The Morgan fingerprint density at radius 1 is 1.50 bits per heavy atom. The van der Waals surface area contributed by atoms with Gasteiger partial charge in [-0.15, -0.1) is 0 Å². The first-order valence-electron chi connectivity index (χ1n) is 5.31. The highest BCUT2D eigenvalue weighted by Gasteiger charge is 2.45. The van der Waals surface area contributed by atoms with Crippen molar-refractivity contribution in [1.29, 1.82) is 0 Å². The average molecular weight is 196 g/mol. The molecule has 14 heavy (non-hydrogen) atoms. The first kappa shape index (κ1) is 9.71. The minimum Gasteiger partial charge on any atom is -0.458 e. The molecule has 2 heterocycles. The number of ether oxygens (including phenoxy) is 1. The van der Waals surface area contributed by atoms with Gasteiger partial charge in [-0.05, 0) is 13.0 Å². The predicted molar refractivity (Wildman–Crippen MR) is 53.6 cm³/mol. The number of likely N-dealkylation sites (N-methyl/N-ethyl adjacent to an activating group) is 1. The van der Waals surface area contributed by atoms with Crippen LogP contribution in [0.5, 0.6) is 0 Å². The van der Waals surface area contributed by atoms with Gasteiger partial charge in [-0.25, -0.2) is 4.79 Å². The monoisotopic (exact) mass is 196 g/mol. The molecule has 0 spiro atoms. The van der Waals surface area contributed by atoms with Crippen molar-refractivity contribution in [3.05, 3.63) is 12.2 Å². The standard InChI is InChI=1S/C11H18NO2/c1-9-8-10(11(13)14-9)12(2)6-4-3-5-7-12/h3-4,9-10H,5-8H2,1-2H3/q+1. The lowest BCUT2D eigenvalue weighted by molar-refractivity contribution is -0.920. The molecular formula is C11H18NO2+. The molecule has 78 valence electrons. The van der Waals surface area contributed by atoms with Crippen LogP contribution < -0.4 is 0 Å². The van der Waals surface area contributed by atoms with Crippen LogP contribution in [0.2, 0.25) is 0 Å². The van der Waals surface area contributed by atoms with E-state index in [4.69, 9.17) is 4.74 Å². The van der Waals surface area contributed by atoms with Gasteiger partial charge in [-0.2, -0.15) is 0 Å². The fourth-order valence-electron chi connectivity index (χ4n) is 2.42. The number of quaternary nitrogens is 1. The molecule has 0 saturated carbocycles. The van der Waals surface area contributed by atoms with E-state index < -0.39 is 0 Å². The average Bonchev–Trinajstić information content (AvgIpc) is 2.47. The highest BCUT2D eigenvalue weighted by atomic mass is 16.6. The van der Waals surface area contributed by atoms with Crippen LogP contribution in [0.1, 0.15) is 19.8 Å². The Balaban J connectivity index is 2.13. The Hall–Kier alpha value is -0.830. The van der Waals surface area contributed by atoms with E-state index in [-0.39, 0.29) is 18.1 Å². The van der Waals surface area contributed by atoms with Crippen molar-refractivity contribution in [2.45, 2.75) is 31.9 Å². The highest BCUT2D eigenvalue weighted by Crippen LogP contribution is 2.26. The molecule has 2 aliphatic heterocycles. The summed E-state index contributed by atoms with van der Waals surface area (Å²) in [6.07, 6.45) is 6.44. The van der Waals surface area contributed by atoms with Gasteiger partial charge in [-0.1, -0.05) is 6.08 Å². The van der Waals surface area contributed by atoms with Crippen LogP contribution in [0.3, 0.4) is 0 Å². The number of rotatable bonds is 1. The number of hydrogen-bond donors (Lipinski definition) is 0. The van der Waals surface area contributed by atoms with Crippen LogP contribution in [0.15, 0.2) is 12.2 Å². The number of carbonyl (C=O) groups is 1. The number of nitrogens with zero attached hydrogens (tertiary/aromatic N) is 1. The van der Waals surface area contributed by atoms with Gasteiger partial charge in [0.25, 0.3) is 0 Å². The zero-order valence-corrected chi connectivity index (χ0v) is 8.90. The Kier molecular flexibility index (Phi) is 2.35. The lowest BCUT2D eigenvalue weighted by atomic mass is 10.1. The summed E-state index contributed by atoms with van der Waals surface area (Å²) in [7, 11) is 2.16. The van der Waals surface area contributed by atoms with Crippen molar-refractivity contribution < 1.29 is 14.0 Å². The number of cyclic esters (lactones) is 1. The van der Waals surface area contributed by atoms with Crippen molar-refractivity contribution in [1.82, 2.24) is 0 Å². The summed E-state index contributed by atoms with van der Waals surface area (Å²) in [4.78, 5) is 11.6. The molecule has 2 rings (SSSR count). The Morgan fingerprint density at radius 2 is 2.29 bits per heavy atom. The summed E-state index contributed by atoms with van der Waals surface area (Å²) in [5, 5.41) is 0. The fourth-order valence-corrected chi connectivity index (χ4v) is 2.42. The van der Waals surface area contributed by atoms with Gasteiger partial charge in [0.05, 0.1) is 20.1 Å². The van der Waals surface area contributed by atoms with Crippen molar-refractivity contribution in [3.63, 3.8) is 0 Å². The third kappa shape index (κ3) is 1.57. The van der Waals surface area contributed by atoms with Crippen molar-refractivity contribution in [2.75, 3.05) is 20.1 Å². The van der Waals surface area contributed by atoms with Crippen molar-refractivity contribution in [3.8, 4) is 0 Å². The highest BCUT2D eigenvalue weighted by molar-refractivity contribution is 5.76. The number of carbonyl (C=O) groups excluding carboxylic acids is 1. The molecule has 3 unspecified atom stereocenters. The zero-order valence-electron chi connectivity index (χ0n) is 8.90. The van der Waals surface area contributed by atoms with E-state index in [2.05, 4.69) is 19.2 Å². The van der Waals surface area contributed by atoms with E-state index in [0.717, 1.165) is 30.4 Å². The van der Waals surface area contributed by atoms with Crippen LogP contribution >= 0.6 is 0 Å². The normalized spacial score (nSPS) is 42.6. The molecule has 0 amide bonds. The maximum Gasteiger partial charge on any atom is 0.365 e. The Labute approximate surface area is 84.9 Å². The lowest BCUT2D eigenvalue weighted by Crippen LogP contribution is -2.55. The third-order valence-electron chi connectivity index (χ3n) is 3.39. The van der Waals surface area contributed by atoms with Crippen LogP contribution in [0, 0.1) is 0 Å². The van der Waals surface area contributed by atoms with Gasteiger partial charge in [0.2, 0.25) is 0 Å².